The maximum Gasteiger partial charge on any atom is 0.394 e. The van der Waals surface area contributed by atoms with Crippen LogP contribution >= 0.6 is 0 Å². The van der Waals surface area contributed by atoms with Crippen molar-refractivity contribution < 1.29 is 22.1 Å². The van der Waals surface area contributed by atoms with Crippen molar-refractivity contribution >= 4 is 10.4 Å². The summed E-state index contributed by atoms with van der Waals surface area (Å²) in [4.78, 5) is 0. The van der Waals surface area contributed by atoms with Crippen molar-refractivity contribution in [2.45, 2.75) is 0 Å². The van der Waals surface area contributed by atoms with E-state index in [0.717, 1.165) is 0 Å². The minimum atomic E-state index is -4.67. The molecule has 68 valence electrons. The Hall–Kier alpha value is -0.980. The maximum atomic E-state index is 8.74. The Morgan fingerprint density at radius 2 is 1.42 bits per heavy atom. The number of nitrogens with zero attached hydrogens (tertiary/aromatic N) is 1. The van der Waals surface area contributed by atoms with E-state index < -0.39 is 10.4 Å². The fourth-order valence-corrected chi connectivity index (χ4v) is 0.485. The minimum Gasteiger partial charge on any atom is -0.264 e. The van der Waals surface area contributed by atoms with Gasteiger partial charge in [-0.15, -0.1) is 0 Å². The van der Waals surface area contributed by atoms with Crippen LogP contribution < -0.4 is 4.57 Å². The van der Waals surface area contributed by atoms with Crippen LogP contribution in [0.15, 0.2) is 30.6 Å². The summed E-state index contributed by atoms with van der Waals surface area (Å²) in [6.45, 7) is 0. The second-order valence-corrected chi connectivity index (χ2v) is 2.88. The molecule has 12 heavy (non-hydrogen) atoms. The maximum absolute atomic E-state index is 8.74. The van der Waals surface area contributed by atoms with Crippen LogP contribution in [0.1, 0.15) is 0 Å². The second kappa shape index (κ2) is 4.81. The molecule has 0 unspecified atom stereocenters. The third kappa shape index (κ3) is 11.8. The lowest BCUT2D eigenvalue weighted by Crippen LogP contribution is -2.25. The largest absolute Gasteiger partial charge is 0.394 e. The molecule has 0 amide bonds. The van der Waals surface area contributed by atoms with Crippen molar-refractivity contribution in [3.8, 4) is 0 Å². The average molecular weight is 192 g/mol. The van der Waals surface area contributed by atoms with Gasteiger partial charge in [-0.3, -0.25) is 9.11 Å². The zero-order chi connectivity index (χ0) is 9.61. The first-order chi connectivity index (χ1) is 5.39. The van der Waals surface area contributed by atoms with Gasteiger partial charge in [0.25, 0.3) is 0 Å². The van der Waals surface area contributed by atoms with Gasteiger partial charge in [0, 0.05) is 12.1 Å². The van der Waals surface area contributed by atoms with E-state index in [1.807, 2.05) is 42.2 Å². The lowest BCUT2D eigenvalue weighted by molar-refractivity contribution is -0.671. The molecule has 0 aromatic carbocycles. The van der Waals surface area contributed by atoms with Crippen LogP contribution in [0, 0.1) is 0 Å². The fraction of sp³-hybridized carbons (Fsp3) is 0.167. The summed E-state index contributed by atoms with van der Waals surface area (Å²) in [6.07, 6.45) is 4.00. The Morgan fingerprint density at radius 1 is 1.08 bits per heavy atom. The third-order valence-corrected chi connectivity index (χ3v) is 0.865. The summed E-state index contributed by atoms with van der Waals surface area (Å²) in [5.74, 6) is 0. The molecule has 0 saturated heterocycles. The zero-order valence-corrected chi connectivity index (χ0v) is 7.27. The van der Waals surface area contributed by atoms with Crippen molar-refractivity contribution in [2.24, 2.45) is 7.05 Å². The molecule has 0 aliphatic carbocycles. The van der Waals surface area contributed by atoms with E-state index in [4.69, 9.17) is 17.5 Å². The quantitative estimate of drug-likeness (QED) is 0.443. The number of hydrogen-bond donors (Lipinski definition) is 2. The van der Waals surface area contributed by atoms with E-state index in [2.05, 4.69) is 0 Å². The summed E-state index contributed by atoms with van der Waals surface area (Å²) in [5.41, 5.74) is 0. The van der Waals surface area contributed by atoms with Crippen molar-refractivity contribution in [3.05, 3.63) is 30.6 Å². The van der Waals surface area contributed by atoms with E-state index in [0.29, 0.717) is 0 Å². The predicted octanol–water partition coefficient (Wildman–Crippen LogP) is -0.142. The van der Waals surface area contributed by atoms with E-state index in [9.17, 15) is 0 Å². The third-order valence-electron chi connectivity index (χ3n) is 0.865. The number of aryl methyl sites for hydroxylation is 1. The van der Waals surface area contributed by atoms with Gasteiger partial charge in [0.2, 0.25) is 0 Å². The first-order valence-electron chi connectivity index (χ1n) is 3.00. The molecule has 6 heteroatoms. The molecule has 0 fully saturated rings. The Kier molecular flexibility index (Phi) is 4.42. The molecule has 5 nitrogen and oxygen atoms in total. The zero-order valence-electron chi connectivity index (χ0n) is 6.45. The molecule has 1 rings (SSSR count). The number of rotatable bonds is 0. The summed E-state index contributed by atoms with van der Waals surface area (Å²) in [6, 6.07) is 6.00. The summed E-state index contributed by atoms with van der Waals surface area (Å²) in [7, 11) is -2.67. The van der Waals surface area contributed by atoms with E-state index in [1.54, 1.807) is 0 Å². The van der Waals surface area contributed by atoms with Crippen LogP contribution in [-0.4, -0.2) is 17.5 Å². The highest BCUT2D eigenvalue weighted by molar-refractivity contribution is 7.79. The lowest BCUT2D eigenvalue weighted by Gasteiger charge is -1.77. The molecule has 2 N–H and O–H groups in total. The Labute approximate surface area is 70.9 Å². The van der Waals surface area contributed by atoms with Gasteiger partial charge in [-0.1, -0.05) is 6.07 Å². The standard InChI is InChI=1S/C6H8N.H2O4S/c1-7-5-3-2-4-6-7;1-5(2,3)4/h2-6H,1H3;(H2,1,2,3,4)/q+1;. The molecule has 0 atom stereocenters. The van der Waals surface area contributed by atoms with Gasteiger partial charge in [0.15, 0.2) is 12.4 Å². The van der Waals surface area contributed by atoms with Gasteiger partial charge in [-0.05, 0) is 0 Å². The van der Waals surface area contributed by atoms with E-state index >= 15 is 0 Å². The molecular weight excluding hydrogens is 182 g/mol. The van der Waals surface area contributed by atoms with Gasteiger partial charge in [0.1, 0.15) is 7.05 Å². The molecule has 1 heterocycles. The van der Waals surface area contributed by atoms with Crippen molar-refractivity contribution in [1.82, 2.24) is 0 Å². The number of pyridine rings is 1. The monoisotopic (exact) mass is 192 g/mol. The first kappa shape index (κ1) is 11.0. The molecule has 0 aliphatic rings. The Balaban J connectivity index is 0.000000217. The molecule has 0 bridgehead atoms. The highest BCUT2D eigenvalue weighted by atomic mass is 32.3. The van der Waals surface area contributed by atoms with Crippen LogP contribution in [0.4, 0.5) is 0 Å². The topological polar surface area (TPSA) is 78.5 Å². The first-order valence-corrected chi connectivity index (χ1v) is 4.39. The minimum absolute atomic E-state index is 2.00. The summed E-state index contributed by atoms with van der Waals surface area (Å²) in [5, 5.41) is 0. The molecule has 1 aromatic rings. The highest BCUT2D eigenvalue weighted by Crippen LogP contribution is 1.71. The smallest absolute Gasteiger partial charge is 0.264 e. The van der Waals surface area contributed by atoms with Crippen molar-refractivity contribution in [2.75, 3.05) is 0 Å². The molecular formula is C6H10NO4S+. The number of hydrogen-bond acceptors (Lipinski definition) is 2. The van der Waals surface area contributed by atoms with Crippen LogP contribution in [0.25, 0.3) is 0 Å². The van der Waals surface area contributed by atoms with Gasteiger partial charge in [0.05, 0.1) is 0 Å². The van der Waals surface area contributed by atoms with Gasteiger partial charge < -0.3 is 0 Å². The summed E-state index contributed by atoms with van der Waals surface area (Å²) < 4.78 is 33.6. The van der Waals surface area contributed by atoms with Crippen molar-refractivity contribution in [3.63, 3.8) is 0 Å². The number of aromatic nitrogens is 1. The molecule has 0 saturated carbocycles. The van der Waals surface area contributed by atoms with Gasteiger partial charge in [-0.2, -0.15) is 8.42 Å². The Bertz CT molecular complexity index is 300. The van der Waals surface area contributed by atoms with Crippen LogP contribution in [-0.2, 0) is 17.4 Å². The second-order valence-electron chi connectivity index (χ2n) is 1.99. The van der Waals surface area contributed by atoms with Gasteiger partial charge >= 0.3 is 10.4 Å². The lowest BCUT2D eigenvalue weighted by atomic mass is 10.5. The van der Waals surface area contributed by atoms with Crippen LogP contribution in [0.5, 0.6) is 0 Å². The fourth-order valence-electron chi connectivity index (χ4n) is 0.485. The normalized spacial score (nSPS) is 9.92. The SMILES string of the molecule is C[n+]1ccccc1.O=S(=O)(O)O. The molecule has 0 aliphatic heterocycles. The molecule has 0 spiro atoms. The van der Waals surface area contributed by atoms with Crippen LogP contribution in [0.3, 0.4) is 0 Å². The average Bonchev–Trinajstić information content (AvgIpc) is 1.85. The molecule has 1 aromatic heterocycles. The Morgan fingerprint density at radius 3 is 1.58 bits per heavy atom. The molecule has 0 radical (unpaired) electrons. The summed E-state index contributed by atoms with van der Waals surface area (Å²) >= 11 is 0. The van der Waals surface area contributed by atoms with Crippen LogP contribution in [0.2, 0.25) is 0 Å². The highest BCUT2D eigenvalue weighted by Gasteiger charge is 1.84. The van der Waals surface area contributed by atoms with E-state index in [1.165, 1.54) is 0 Å². The predicted molar refractivity (Wildman–Crippen MR) is 41.8 cm³/mol. The van der Waals surface area contributed by atoms with Crippen molar-refractivity contribution in [1.29, 1.82) is 0 Å². The van der Waals surface area contributed by atoms with E-state index in [-0.39, 0.29) is 0 Å². The van der Waals surface area contributed by atoms with Gasteiger partial charge in [-0.25, -0.2) is 4.57 Å².